The fraction of sp³-hybridized carbons (Fsp3) is 0.385. The van der Waals surface area contributed by atoms with E-state index in [1.807, 2.05) is 38.1 Å². The molecular weight excluding hydrogens is 220 g/mol. The lowest BCUT2D eigenvalue weighted by Crippen LogP contribution is -2.12. The lowest BCUT2D eigenvalue weighted by Gasteiger charge is -2.09. The van der Waals surface area contributed by atoms with E-state index in [1.165, 1.54) is 0 Å². The van der Waals surface area contributed by atoms with E-state index in [2.05, 4.69) is 0 Å². The summed E-state index contributed by atoms with van der Waals surface area (Å²) in [6, 6.07) is 7.32. The number of aryl methyl sites for hydroxylation is 1. The minimum Gasteiger partial charge on any atom is -0.491 e. The van der Waals surface area contributed by atoms with Gasteiger partial charge >= 0.3 is 5.97 Å². The van der Waals surface area contributed by atoms with Crippen molar-refractivity contribution in [3.05, 3.63) is 29.8 Å². The molecule has 4 heteroatoms. The number of carboxylic acid groups (broad SMARTS) is 1. The number of hydrogen-bond acceptors (Lipinski definition) is 3. The quantitative estimate of drug-likeness (QED) is 0.768. The van der Waals surface area contributed by atoms with Gasteiger partial charge in [0.2, 0.25) is 5.78 Å². The number of carbonyl (C=O) groups excluding carboxylic acids is 1. The molecule has 0 radical (unpaired) electrons. The van der Waals surface area contributed by atoms with Crippen molar-refractivity contribution in [2.45, 2.75) is 32.8 Å². The summed E-state index contributed by atoms with van der Waals surface area (Å²) in [4.78, 5) is 21.2. The number of carboxylic acids is 1. The Bertz CT molecular complexity index is 392. The fourth-order valence-corrected chi connectivity index (χ4v) is 1.37. The summed E-state index contributed by atoms with van der Waals surface area (Å²) in [6.07, 6.45) is 0.585. The molecule has 1 aromatic rings. The summed E-state index contributed by atoms with van der Waals surface area (Å²) in [6.45, 7) is 3.89. The molecule has 0 aliphatic rings. The molecule has 0 saturated carbocycles. The molecule has 0 atom stereocenters. The fourth-order valence-electron chi connectivity index (χ4n) is 1.37. The van der Waals surface area contributed by atoms with Crippen LogP contribution in [0.2, 0.25) is 0 Å². The summed E-state index contributed by atoms with van der Waals surface area (Å²) in [5, 5.41) is 8.43. The number of ketones is 1. The average molecular weight is 236 g/mol. The van der Waals surface area contributed by atoms with Gasteiger partial charge in [-0.1, -0.05) is 12.1 Å². The number of rotatable bonds is 6. The minimum atomic E-state index is -1.37. The molecule has 0 spiro atoms. The van der Waals surface area contributed by atoms with E-state index in [-0.39, 0.29) is 12.5 Å². The van der Waals surface area contributed by atoms with E-state index >= 15 is 0 Å². The zero-order valence-electron chi connectivity index (χ0n) is 9.97. The van der Waals surface area contributed by atoms with Crippen LogP contribution < -0.4 is 4.74 Å². The van der Waals surface area contributed by atoms with E-state index in [0.29, 0.717) is 6.42 Å². The van der Waals surface area contributed by atoms with Gasteiger partial charge in [-0.05, 0) is 38.0 Å². The van der Waals surface area contributed by atoms with Crippen LogP contribution in [0.3, 0.4) is 0 Å². The maximum absolute atomic E-state index is 10.9. The average Bonchev–Trinajstić information content (AvgIpc) is 2.26. The largest absolute Gasteiger partial charge is 0.491 e. The molecule has 0 fully saturated rings. The van der Waals surface area contributed by atoms with Crippen LogP contribution in [0.25, 0.3) is 0 Å². The van der Waals surface area contributed by atoms with E-state index in [1.54, 1.807) is 0 Å². The van der Waals surface area contributed by atoms with Crippen molar-refractivity contribution in [2.75, 3.05) is 0 Å². The van der Waals surface area contributed by atoms with Gasteiger partial charge < -0.3 is 9.84 Å². The van der Waals surface area contributed by atoms with Crippen LogP contribution in [0.1, 0.15) is 25.8 Å². The Morgan fingerprint density at radius 3 is 2.29 bits per heavy atom. The first-order valence-electron chi connectivity index (χ1n) is 5.50. The van der Waals surface area contributed by atoms with Crippen molar-refractivity contribution >= 4 is 11.8 Å². The minimum absolute atomic E-state index is 0.0275. The van der Waals surface area contributed by atoms with Crippen molar-refractivity contribution in [3.63, 3.8) is 0 Å². The molecule has 1 aromatic carbocycles. The zero-order chi connectivity index (χ0) is 12.8. The van der Waals surface area contributed by atoms with Crippen LogP contribution >= 0.6 is 0 Å². The molecular formula is C13H16O4. The Hall–Kier alpha value is -1.84. The second-order valence-electron chi connectivity index (χ2n) is 4.04. The first-order valence-corrected chi connectivity index (χ1v) is 5.50. The molecule has 1 rings (SSSR count). The van der Waals surface area contributed by atoms with Crippen molar-refractivity contribution < 1.29 is 19.4 Å². The van der Waals surface area contributed by atoms with Crippen LogP contribution in [-0.4, -0.2) is 23.0 Å². The SMILES string of the molecule is CC(C)Oc1ccc(CCC(=O)C(=O)O)cc1. The summed E-state index contributed by atoms with van der Waals surface area (Å²) in [5.41, 5.74) is 0.927. The Morgan fingerprint density at radius 1 is 1.24 bits per heavy atom. The Balaban J connectivity index is 2.51. The van der Waals surface area contributed by atoms with Crippen molar-refractivity contribution in [1.82, 2.24) is 0 Å². The molecule has 1 N–H and O–H groups in total. The van der Waals surface area contributed by atoms with E-state index < -0.39 is 11.8 Å². The standard InChI is InChI=1S/C13H16O4/c1-9(2)17-11-6-3-10(4-7-11)5-8-12(14)13(15)16/h3-4,6-7,9H,5,8H2,1-2H3,(H,15,16). The van der Waals surface area contributed by atoms with Crippen molar-refractivity contribution in [3.8, 4) is 5.75 Å². The molecule has 0 saturated heterocycles. The highest BCUT2D eigenvalue weighted by molar-refractivity contribution is 6.32. The molecule has 92 valence electrons. The van der Waals surface area contributed by atoms with Gasteiger partial charge in [0.1, 0.15) is 5.75 Å². The highest BCUT2D eigenvalue weighted by Gasteiger charge is 2.10. The number of benzene rings is 1. The smallest absolute Gasteiger partial charge is 0.372 e. The summed E-state index contributed by atoms with van der Waals surface area (Å²) in [7, 11) is 0. The third-order valence-electron chi connectivity index (χ3n) is 2.17. The van der Waals surface area contributed by atoms with Crippen molar-refractivity contribution in [2.24, 2.45) is 0 Å². The van der Waals surface area contributed by atoms with E-state index in [0.717, 1.165) is 11.3 Å². The van der Waals surface area contributed by atoms with Gasteiger partial charge in [-0.3, -0.25) is 4.79 Å². The van der Waals surface area contributed by atoms with Gasteiger partial charge in [0.15, 0.2) is 0 Å². The predicted octanol–water partition coefficient (Wildman–Crippen LogP) is 2.06. The summed E-state index contributed by atoms with van der Waals surface area (Å²) in [5.74, 6) is -1.36. The molecule has 0 bridgehead atoms. The molecule has 0 unspecified atom stereocenters. The summed E-state index contributed by atoms with van der Waals surface area (Å²) >= 11 is 0. The first kappa shape index (κ1) is 13.2. The van der Waals surface area contributed by atoms with Gasteiger partial charge in [-0.15, -0.1) is 0 Å². The maximum Gasteiger partial charge on any atom is 0.372 e. The normalized spacial score (nSPS) is 10.3. The first-order chi connectivity index (χ1) is 7.99. The zero-order valence-corrected chi connectivity index (χ0v) is 9.97. The topological polar surface area (TPSA) is 63.6 Å². The lowest BCUT2D eigenvalue weighted by atomic mass is 10.1. The Morgan fingerprint density at radius 2 is 1.82 bits per heavy atom. The van der Waals surface area contributed by atoms with Gasteiger partial charge in [-0.2, -0.15) is 0 Å². The van der Waals surface area contributed by atoms with Gasteiger partial charge in [0.05, 0.1) is 6.10 Å². The van der Waals surface area contributed by atoms with Crippen LogP contribution in [-0.2, 0) is 16.0 Å². The molecule has 0 aliphatic heterocycles. The summed E-state index contributed by atoms with van der Waals surface area (Å²) < 4.78 is 5.47. The van der Waals surface area contributed by atoms with Crippen LogP contribution in [0.15, 0.2) is 24.3 Å². The predicted molar refractivity (Wildman–Crippen MR) is 63.2 cm³/mol. The second kappa shape index (κ2) is 6.03. The van der Waals surface area contributed by atoms with E-state index in [9.17, 15) is 9.59 Å². The Kier molecular flexibility index (Phi) is 4.69. The molecule has 0 aliphatic carbocycles. The van der Waals surface area contributed by atoms with E-state index in [4.69, 9.17) is 9.84 Å². The third kappa shape index (κ3) is 4.68. The molecule has 0 heterocycles. The van der Waals surface area contributed by atoms with Crippen LogP contribution in [0.4, 0.5) is 0 Å². The molecule has 0 aromatic heterocycles. The van der Waals surface area contributed by atoms with Crippen molar-refractivity contribution in [1.29, 1.82) is 0 Å². The number of hydrogen-bond donors (Lipinski definition) is 1. The Labute approximate surface area is 100 Å². The van der Waals surface area contributed by atoms with Gasteiger partial charge in [0, 0.05) is 6.42 Å². The monoisotopic (exact) mass is 236 g/mol. The van der Waals surface area contributed by atoms with Gasteiger partial charge in [-0.25, -0.2) is 4.79 Å². The highest BCUT2D eigenvalue weighted by atomic mass is 16.5. The second-order valence-corrected chi connectivity index (χ2v) is 4.04. The molecule has 0 amide bonds. The number of Topliss-reactive ketones (excluding diaryl/α,β-unsaturated/α-hetero) is 1. The highest BCUT2D eigenvalue weighted by Crippen LogP contribution is 2.14. The molecule has 4 nitrogen and oxygen atoms in total. The number of carbonyl (C=O) groups is 2. The third-order valence-corrected chi connectivity index (χ3v) is 2.17. The lowest BCUT2D eigenvalue weighted by molar-refractivity contribution is -0.149. The van der Waals surface area contributed by atoms with Crippen LogP contribution in [0, 0.1) is 0 Å². The maximum atomic E-state index is 10.9. The molecule has 17 heavy (non-hydrogen) atoms. The van der Waals surface area contributed by atoms with Gasteiger partial charge in [0.25, 0.3) is 0 Å². The number of ether oxygens (including phenoxy) is 1. The number of aliphatic carboxylic acids is 1. The van der Waals surface area contributed by atoms with Crippen LogP contribution in [0.5, 0.6) is 5.75 Å².